The van der Waals surface area contributed by atoms with Gasteiger partial charge in [0.05, 0.1) is 35.0 Å². The molecule has 4 aromatic rings. The standard InChI is InChI=1S/C26H21N5O2S/c1-32-19-11-10-16-21-17(13-33-26-22(21)23(30-31-26)15-7-3-2-4-8-15)25(27)29-24(16)18(19)14-34-20-9-5-6-12-28-20/h2-13,21H,14H2,1H3,(H2,27,29)(H,30,31)/t21-/m1/s1. The van der Waals surface area contributed by atoms with Crippen molar-refractivity contribution >= 4 is 23.3 Å². The number of fused-ring (bicyclic) bond motifs is 5. The number of pyridine rings is 1. The maximum Gasteiger partial charge on any atom is 0.242 e. The number of hydrogen-bond donors (Lipinski definition) is 2. The molecule has 2 aliphatic rings. The average molecular weight is 468 g/mol. The lowest BCUT2D eigenvalue weighted by molar-refractivity contribution is 0.411. The van der Waals surface area contributed by atoms with Gasteiger partial charge in [-0.05, 0) is 29.3 Å². The summed E-state index contributed by atoms with van der Waals surface area (Å²) < 4.78 is 11.6. The van der Waals surface area contributed by atoms with E-state index >= 15 is 0 Å². The lowest BCUT2D eigenvalue weighted by Gasteiger charge is -2.30. The van der Waals surface area contributed by atoms with Crippen molar-refractivity contribution in [3.8, 4) is 22.9 Å². The highest BCUT2D eigenvalue weighted by Gasteiger charge is 2.38. The molecule has 34 heavy (non-hydrogen) atoms. The molecule has 0 amide bonds. The van der Waals surface area contributed by atoms with Gasteiger partial charge in [0.25, 0.3) is 0 Å². The third-order valence-electron chi connectivity index (χ3n) is 6.06. The molecule has 0 bridgehead atoms. The van der Waals surface area contributed by atoms with Gasteiger partial charge in [-0.3, -0.25) is 5.10 Å². The first kappa shape index (κ1) is 20.6. The fourth-order valence-corrected chi connectivity index (χ4v) is 5.37. The Morgan fingerprint density at radius 3 is 2.74 bits per heavy atom. The lowest BCUT2D eigenvalue weighted by atomic mass is 9.79. The highest BCUT2D eigenvalue weighted by atomic mass is 32.2. The molecule has 4 heterocycles. The van der Waals surface area contributed by atoms with Crippen molar-refractivity contribution in [2.45, 2.75) is 16.7 Å². The van der Waals surface area contributed by atoms with Gasteiger partial charge in [0.15, 0.2) is 0 Å². The van der Waals surface area contributed by atoms with Gasteiger partial charge in [-0.15, -0.1) is 16.9 Å². The first-order valence-corrected chi connectivity index (χ1v) is 11.8. The van der Waals surface area contributed by atoms with Gasteiger partial charge in [0, 0.05) is 23.1 Å². The Bertz CT molecular complexity index is 1430. The maximum absolute atomic E-state index is 6.50. The number of aliphatic imine (C=N–C) groups is 1. The second-order valence-corrected chi connectivity index (χ2v) is 8.94. The Morgan fingerprint density at radius 1 is 1.09 bits per heavy atom. The number of amidine groups is 1. The van der Waals surface area contributed by atoms with Crippen LogP contribution in [0.15, 0.2) is 88.7 Å². The molecule has 2 aromatic heterocycles. The van der Waals surface area contributed by atoms with Crippen molar-refractivity contribution in [3.63, 3.8) is 0 Å². The zero-order valence-corrected chi connectivity index (χ0v) is 19.2. The van der Waals surface area contributed by atoms with Crippen molar-refractivity contribution in [1.82, 2.24) is 15.2 Å². The van der Waals surface area contributed by atoms with Crippen molar-refractivity contribution < 1.29 is 9.47 Å². The number of ether oxygens (including phenoxy) is 2. The number of hydrogen-bond acceptors (Lipinski definition) is 7. The molecule has 2 aliphatic heterocycles. The van der Waals surface area contributed by atoms with E-state index in [9.17, 15) is 0 Å². The number of thioether (sulfide) groups is 1. The summed E-state index contributed by atoms with van der Waals surface area (Å²) in [7, 11) is 1.67. The van der Waals surface area contributed by atoms with Gasteiger partial charge in [0.2, 0.25) is 5.88 Å². The lowest BCUT2D eigenvalue weighted by Crippen LogP contribution is -2.27. The summed E-state index contributed by atoms with van der Waals surface area (Å²) >= 11 is 1.63. The maximum atomic E-state index is 6.50. The van der Waals surface area contributed by atoms with Crippen LogP contribution in [0.4, 0.5) is 5.69 Å². The zero-order chi connectivity index (χ0) is 23.1. The third kappa shape index (κ3) is 3.34. The van der Waals surface area contributed by atoms with Crippen LogP contribution in [0.2, 0.25) is 0 Å². The van der Waals surface area contributed by atoms with Gasteiger partial charge < -0.3 is 15.2 Å². The number of rotatable bonds is 5. The van der Waals surface area contributed by atoms with Gasteiger partial charge >= 0.3 is 0 Å². The fraction of sp³-hybridized carbons (Fsp3) is 0.115. The first-order chi connectivity index (χ1) is 16.7. The molecule has 0 saturated heterocycles. The topological polar surface area (TPSA) is 98.4 Å². The minimum Gasteiger partial charge on any atom is -0.496 e. The Balaban J connectivity index is 1.50. The monoisotopic (exact) mass is 467 g/mol. The van der Waals surface area contributed by atoms with Crippen LogP contribution < -0.4 is 15.2 Å². The van der Waals surface area contributed by atoms with Crippen molar-refractivity contribution in [3.05, 3.63) is 95.4 Å². The largest absolute Gasteiger partial charge is 0.496 e. The Morgan fingerprint density at radius 2 is 1.94 bits per heavy atom. The molecule has 0 spiro atoms. The fourth-order valence-electron chi connectivity index (χ4n) is 4.49. The van der Waals surface area contributed by atoms with Crippen molar-refractivity contribution in [2.75, 3.05) is 7.11 Å². The van der Waals surface area contributed by atoms with E-state index in [0.29, 0.717) is 17.5 Å². The molecule has 8 heteroatoms. The molecular weight excluding hydrogens is 446 g/mol. The average Bonchev–Trinajstić information content (AvgIpc) is 3.33. The summed E-state index contributed by atoms with van der Waals surface area (Å²) in [6.07, 6.45) is 3.46. The van der Waals surface area contributed by atoms with E-state index in [1.54, 1.807) is 31.3 Å². The van der Waals surface area contributed by atoms with E-state index in [2.05, 4.69) is 33.4 Å². The predicted molar refractivity (Wildman–Crippen MR) is 133 cm³/mol. The van der Waals surface area contributed by atoms with Crippen LogP contribution >= 0.6 is 11.8 Å². The zero-order valence-electron chi connectivity index (χ0n) is 18.4. The van der Waals surface area contributed by atoms with E-state index in [4.69, 9.17) is 20.2 Å². The Labute approximate surface area is 200 Å². The number of H-pyrrole nitrogens is 1. The highest BCUT2D eigenvalue weighted by molar-refractivity contribution is 7.98. The summed E-state index contributed by atoms with van der Waals surface area (Å²) in [5.74, 6) is 2.24. The molecule has 3 N–H and O–H groups in total. The smallest absolute Gasteiger partial charge is 0.242 e. The van der Waals surface area contributed by atoms with E-state index in [1.807, 2.05) is 42.5 Å². The summed E-state index contributed by atoms with van der Waals surface area (Å²) in [4.78, 5) is 9.25. The van der Waals surface area contributed by atoms with Crippen molar-refractivity contribution in [2.24, 2.45) is 10.7 Å². The van der Waals surface area contributed by atoms with Crippen molar-refractivity contribution in [1.29, 1.82) is 0 Å². The van der Waals surface area contributed by atoms with Crippen LogP contribution in [-0.4, -0.2) is 28.1 Å². The highest BCUT2D eigenvalue weighted by Crippen LogP contribution is 2.51. The van der Waals surface area contributed by atoms with E-state index < -0.39 is 0 Å². The molecule has 1 atom stereocenters. The molecular formula is C26H21N5O2S. The normalized spacial score (nSPS) is 15.9. The first-order valence-electron chi connectivity index (χ1n) is 10.8. The second kappa shape index (κ2) is 8.39. The minimum absolute atomic E-state index is 0.158. The van der Waals surface area contributed by atoms with E-state index in [-0.39, 0.29) is 5.92 Å². The van der Waals surface area contributed by atoms with Gasteiger partial charge in [0.1, 0.15) is 17.8 Å². The molecule has 0 radical (unpaired) electrons. The Hall–Kier alpha value is -4.04. The number of benzene rings is 2. The van der Waals surface area contributed by atoms with E-state index in [0.717, 1.165) is 50.0 Å². The molecule has 2 aromatic carbocycles. The van der Waals surface area contributed by atoms with Crippen LogP contribution in [0.3, 0.4) is 0 Å². The SMILES string of the molecule is COc1ccc2c(c1CSc1ccccn1)N=C(N)C1=COc3n[nH]c(-c4ccccc4)c3[C@@H]12. The third-order valence-corrected chi connectivity index (χ3v) is 7.03. The summed E-state index contributed by atoms with van der Waals surface area (Å²) in [6.45, 7) is 0. The van der Waals surface area contributed by atoms with Gasteiger partial charge in [-0.1, -0.05) is 42.5 Å². The molecule has 0 unspecified atom stereocenters. The number of nitrogens with one attached hydrogen (secondary N) is 1. The van der Waals surface area contributed by atoms with Crippen LogP contribution in [0.5, 0.6) is 11.6 Å². The summed E-state index contributed by atoms with van der Waals surface area (Å²) in [6, 6.07) is 20.1. The van der Waals surface area contributed by atoms with Gasteiger partial charge in [-0.25, -0.2) is 9.98 Å². The number of nitrogens with two attached hydrogens (primary N) is 1. The van der Waals surface area contributed by atoms with Crippen LogP contribution in [0.25, 0.3) is 11.3 Å². The molecule has 7 nitrogen and oxygen atoms in total. The quantitative estimate of drug-likeness (QED) is 0.392. The molecule has 6 rings (SSSR count). The van der Waals surface area contributed by atoms with Crippen LogP contribution in [0.1, 0.15) is 22.6 Å². The number of nitrogens with zero attached hydrogens (tertiary/aromatic N) is 3. The summed E-state index contributed by atoms with van der Waals surface area (Å²) in [5, 5.41) is 8.55. The number of aromatic amines is 1. The van der Waals surface area contributed by atoms with Crippen LogP contribution in [-0.2, 0) is 5.75 Å². The van der Waals surface area contributed by atoms with Crippen LogP contribution in [0, 0.1) is 0 Å². The molecule has 168 valence electrons. The number of methoxy groups -OCH3 is 1. The number of aromatic nitrogens is 3. The minimum atomic E-state index is -0.158. The van der Waals surface area contributed by atoms with E-state index in [1.165, 1.54) is 0 Å². The van der Waals surface area contributed by atoms with Gasteiger partial charge in [-0.2, -0.15) is 0 Å². The second-order valence-electron chi connectivity index (χ2n) is 7.95. The predicted octanol–water partition coefficient (Wildman–Crippen LogP) is 5.18. The molecule has 0 fully saturated rings. The molecule has 0 saturated carbocycles. The Kier molecular flexibility index (Phi) is 5.07. The summed E-state index contributed by atoms with van der Waals surface area (Å²) in [5.41, 5.74) is 13.1. The molecule has 0 aliphatic carbocycles.